The Balaban J connectivity index is 1.53. The second-order valence-electron chi connectivity index (χ2n) is 7.18. The number of aromatic amines is 1. The molecule has 4 rings (SSSR count). The first kappa shape index (κ1) is 18.6. The Morgan fingerprint density at radius 1 is 1.25 bits per heavy atom. The molecule has 2 atom stereocenters. The van der Waals surface area contributed by atoms with Crippen LogP contribution in [0, 0.1) is 12.8 Å². The molecule has 0 amide bonds. The molecule has 148 valence electrons. The van der Waals surface area contributed by atoms with Crippen molar-refractivity contribution in [1.82, 2.24) is 25.3 Å². The highest BCUT2D eigenvalue weighted by Gasteiger charge is 2.37. The summed E-state index contributed by atoms with van der Waals surface area (Å²) in [7, 11) is 3.41. The van der Waals surface area contributed by atoms with Crippen LogP contribution in [0.25, 0.3) is 11.3 Å². The number of methoxy groups -OCH3 is 2. The van der Waals surface area contributed by atoms with Gasteiger partial charge in [0.25, 0.3) is 0 Å². The van der Waals surface area contributed by atoms with Crippen molar-refractivity contribution in [2.75, 3.05) is 33.9 Å². The van der Waals surface area contributed by atoms with Gasteiger partial charge in [0, 0.05) is 50.7 Å². The van der Waals surface area contributed by atoms with Crippen molar-refractivity contribution in [2.45, 2.75) is 19.4 Å². The standard InChI is InChI=1S/C20H25N5O3/c1-13-22-24-20(28-13)18-11-25(10-16(18)12-26-2)9-15-8-21-23-19(15)14-5-4-6-17(7-14)27-3/h4-8,16,18H,9-12H2,1-3H3,(H,21,23)/t16-,18+/m0/s1. The lowest BCUT2D eigenvalue weighted by molar-refractivity contribution is 0.143. The van der Waals surface area contributed by atoms with Crippen molar-refractivity contribution in [3.8, 4) is 17.0 Å². The molecule has 0 saturated carbocycles. The summed E-state index contributed by atoms with van der Waals surface area (Å²) in [6, 6.07) is 7.99. The zero-order valence-corrected chi connectivity index (χ0v) is 16.4. The number of H-pyrrole nitrogens is 1. The van der Waals surface area contributed by atoms with Crippen molar-refractivity contribution in [3.63, 3.8) is 0 Å². The average Bonchev–Trinajstić information content (AvgIpc) is 3.43. The quantitative estimate of drug-likeness (QED) is 0.671. The van der Waals surface area contributed by atoms with Crippen molar-refractivity contribution in [1.29, 1.82) is 0 Å². The summed E-state index contributed by atoms with van der Waals surface area (Å²) in [6.07, 6.45) is 1.89. The predicted molar refractivity (Wildman–Crippen MR) is 103 cm³/mol. The van der Waals surface area contributed by atoms with Gasteiger partial charge < -0.3 is 13.9 Å². The van der Waals surface area contributed by atoms with Gasteiger partial charge in [0.1, 0.15) is 5.75 Å². The molecule has 8 heteroatoms. The van der Waals surface area contributed by atoms with Gasteiger partial charge in [-0.05, 0) is 12.1 Å². The first-order chi connectivity index (χ1) is 13.7. The van der Waals surface area contributed by atoms with Gasteiger partial charge in [-0.2, -0.15) is 5.10 Å². The molecule has 0 bridgehead atoms. The van der Waals surface area contributed by atoms with Crippen LogP contribution >= 0.6 is 0 Å². The van der Waals surface area contributed by atoms with Gasteiger partial charge in [-0.3, -0.25) is 10.00 Å². The first-order valence-corrected chi connectivity index (χ1v) is 9.36. The SMILES string of the molecule is COC[C@@H]1CN(Cc2cn[nH]c2-c2cccc(OC)c2)C[C@H]1c1nnc(C)o1. The average molecular weight is 383 g/mol. The summed E-state index contributed by atoms with van der Waals surface area (Å²) < 4.78 is 16.5. The minimum Gasteiger partial charge on any atom is -0.497 e. The van der Waals surface area contributed by atoms with E-state index >= 15 is 0 Å². The second kappa shape index (κ2) is 8.12. The monoisotopic (exact) mass is 383 g/mol. The van der Waals surface area contributed by atoms with Gasteiger partial charge >= 0.3 is 0 Å². The van der Waals surface area contributed by atoms with E-state index in [4.69, 9.17) is 13.9 Å². The van der Waals surface area contributed by atoms with Crippen LogP contribution in [0.1, 0.15) is 23.3 Å². The van der Waals surface area contributed by atoms with Crippen LogP contribution in [0.2, 0.25) is 0 Å². The van der Waals surface area contributed by atoms with E-state index in [0.717, 1.165) is 42.2 Å². The van der Waals surface area contributed by atoms with E-state index in [-0.39, 0.29) is 5.92 Å². The van der Waals surface area contributed by atoms with Crippen LogP contribution in [0.15, 0.2) is 34.9 Å². The molecule has 1 N–H and O–H groups in total. The molecule has 1 fully saturated rings. The largest absolute Gasteiger partial charge is 0.497 e. The van der Waals surface area contributed by atoms with E-state index < -0.39 is 0 Å². The summed E-state index contributed by atoms with van der Waals surface area (Å²) in [5, 5.41) is 15.6. The first-order valence-electron chi connectivity index (χ1n) is 9.36. The number of aromatic nitrogens is 4. The smallest absolute Gasteiger partial charge is 0.221 e. The molecule has 1 saturated heterocycles. The Bertz CT molecular complexity index is 922. The van der Waals surface area contributed by atoms with Crippen LogP contribution < -0.4 is 4.74 Å². The fraction of sp³-hybridized carbons (Fsp3) is 0.450. The van der Waals surface area contributed by atoms with E-state index in [1.54, 1.807) is 14.2 Å². The highest BCUT2D eigenvalue weighted by molar-refractivity contribution is 5.64. The molecule has 0 spiro atoms. The minimum atomic E-state index is 0.174. The van der Waals surface area contributed by atoms with Crippen LogP contribution in [0.5, 0.6) is 5.75 Å². The van der Waals surface area contributed by atoms with E-state index in [2.05, 4.69) is 31.4 Å². The van der Waals surface area contributed by atoms with E-state index in [0.29, 0.717) is 24.3 Å². The normalized spacial score (nSPS) is 20.0. The lowest BCUT2D eigenvalue weighted by Crippen LogP contribution is -2.21. The maximum atomic E-state index is 5.71. The van der Waals surface area contributed by atoms with Gasteiger partial charge in [-0.15, -0.1) is 10.2 Å². The molecule has 8 nitrogen and oxygen atoms in total. The van der Waals surface area contributed by atoms with Gasteiger partial charge in [0.15, 0.2) is 0 Å². The zero-order valence-electron chi connectivity index (χ0n) is 16.4. The third kappa shape index (κ3) is 3.79. The van der Waals surface area contributed by atoms with Crippen LogP contribution in [0.4, 0.5) is 0 Å². The molecule has 1 aromatic carbocycles. The number of nitrogens with one attached hydrogen (secondary N) is 1. The fourth-order valence-corrected chi connectivity index (χ4v) is 3.91. The molecule has 1 aliphatic rings. The highest BCUT2D eigenvalue weighted by atomic mass is 16.5. The Labute approximate surface area is 163 Å². The third-order valence-corrected chi connectivity index (χ3v) is 5.23. The topological polar surface area (TPSA) is 89.3 Å². The molecular weight excluding hydrogens is 358 g/mol. The predicted octanol–water partition coefficient (Wildman–Crippen LogP) is 2.64. The summed E-state index contributed by atoms with van der Waals surface area (Å²) in [5.74, 6) is 2.61. The maximum Gasteiger partial charge on any atom is 0.221 e. The third-order valence-electron chi connectivity index (χ3n) is 5.23. The molecule has 1 aliphatic heterocycles. The molecule has 0 unspecified atom stereocenters. The zero-order chi connectivity index (χ0) is 19.5. The minimum absolute atomic E-state index is 0.174. The fourth-order valence-electron chi connectivity index (χ4n) is 3.91. The molecule has 3 aromatic rings. The van der Waals surface area contributed by atoms with E-state index in [1.165, 1.54) is 0 Å². The Morgan fingerprint density at radius 2 is 2.14 bits per heavy atom. The number of benzene rings is 1. The molecular formula is C20H25N5O3. The van der Waals surface area contributed by atoms with Gasteiger partial charge in [-0.1, -0.05) is 12.1 Å². The molecule has 0 radical (unpaired) electrons. The van der Waals surface area contributed by atoms with Gasteiger partial charge in [0.05, 0.1) is 31.5 Å². The summed E-state index contributed by atoms with van der Waals surface area (Å²) >= 11 is 0. The second-order valence-corrected chi connectivity index (χ2v) is 7.18. The summed E-state index contributed by atoms with van der Waals surface area (Å²) in [5.41, 5.74) is 3.22. The van der Waals surface area contributed by atoms with Crippen molar-refractivity contribution < 1.29 is 13.9 Å². The number of aryl methyl sites for hydroxylation is 1. The Kier molecular flexibility index (Phi) is 5.40. The molecule has 2 aromatic heterocycles. The number of nitrogens with zero attached hydrogens (tertiary/aromatic N) is 4. The van der Waals surface area contributed by atoms with Gasteiger partial charge in [0.2, 0.25) is 11.8 Å². The maximum absolute atomic E-state index is 5.71. The van der Waals surface area contributed by atoms with Gasteiger partial charge in [-0.25, -0.2) is 0 Å². The summed E-state index contributed by atoms with van der Waals surface area (Å²) in [4.78, 5) is 2.39. The Morgan fingerprint density at radius 3 is 2.89 bits per heavy atom. The van der Waals surface area contributed by atoms with Crippen molar-refractivity contribution >= 4 is 0 Å². The van der Waals surface area contributed by atoms with Crippen molar-refractivity contribution in [2.24, 2.45) is 5.92 Å². The van der Waals surface area contributed by atoms with E-state index in [9.17, 15) is 0 Å². The van der Waals surface area contributed by atoms with Crippen LogP contribution in [-0.2, 0) is 11.3 Å². The molecule has 28 heavy (non-hydrogen) atoms. The molecule has 3 heterocycles. The highest BCUT2D eigenvalue weighted by Crippen LogP contribution is 2.34. The molecule has 0 aliphatic carbocycles. The Hall–Kier alpha value is -2.71. The number of hydrogen-bond donors (Lipinski definition) is 1. The van der Waals surface area contributed by atoms with E-state index in [1.807, 2.05) is 31.3 Å². The van der Waals surface area contributed by atoms with Crippen LogP contribution in [0.3, 0.4) is 0 Å². The van der Waals surface area contributed by atoms with Crippen molar-refractivity contribution in [3.05, 3.63) is 47.8 Å². The lowest BCUT2D eigenvalue weighted by Gasteiger charge is -2.16. The van der Waals surface area contributed by atoms with Crippen LogP contribution in [-0.4, -0.2) is 59.2 Å². The lowest BCUT2D eigenvalue weighted by atomic mass is 9.97. The number of ether oxygens (including phenoxy) is 2. The number of rotatable bonds is 7. The number of likely N-dealkylation sites (tertiary alicyclic amines) is 1. The number of hydrogen-bond acceptors (Lipinski definition) is 7. The summed E-state index contributed by atoms with van der Waals surface area (Å²) in [6.45, 7) is 5.02.